The minimum absolute atomic E-state index is 0.102. The Labute approximate surface area is 152 Å². The van der Waals surface area contributed by atoms with Crippen molar-refractivity contribution in [2.75, 3.05) is 13.2 Å². The van der Waals surface area contributed by atoms with Crippen LogP contribution in [0.15, 0.2) is 38.8 Å². The molecule has 0 N–H and O–H groups in total. The standard InChI is InChI=1S/C18H16Br2O3/c1-2-22-18(21)16-12-4-3-11-13(12)6-9-5-10(19)7-15(20)17(9)23-8-14(11)16/h3-7,11-12,14,16H,2,8H2,1H3/b13-6-. The number of esters is 1. The van der Waals surface area contributed by atoms with Crippen LogP contribution >= 0.6 is 31.9 Å². The lowest BCUT2D eigenvalue weighted by Crippen LogP contribution is -2.33. The van der Waals surface area contributed by atoms with E-state index in [-0.39, 0.29) is 29.6 Å². The molecule has 4 bridgehead atoms. The molecule has 2 aliphatic carbocycles. The summed E-state index contributed by atoms with van der Waals surface area (Å²) in [6.07, 6.45) is 6.57. The zero-order valence-electron chi connectivity index (χ0n) is 12.6. The van der Waals surface area contributed by atoms with E-state index in [0.717, 1.165) is 20.3 Å². The molecule has 120 valence electrons. The number of carbonyl (C=O) groups is 1. The zero-order chi connectivity index (χ0) is 16.1. The van der Waals surface area contributed by atoms with Crippen molar-refractivity contribution in [3.63, 3.8) is 0 Å². The molecule has 3 nitrogen and oxygen atoms in total. The molecule has 3 aliphatic rings. The van der Waals surface area contributed by atoms with Crippen LogP contribution in [0.2, 0.25) is 0 Å². The quantitative estimate of drug-likeness (QED) is 0.499. The monoisotopic (exact) mass is 438 g/mol. The van der Waals surface area contributed by atoms with Gasteiger partial charge in [-0.15, -0.1) is 0 Å². The molecule has 4 rings (SSSR count). The highest BCUT2D eigenvalue weighted by Crippen LogP contribution is 2.54. The topological polar surface area (TPSA) is 35.5 Å². The lowest BCUT2D eigenvalue weighted by molar-refractivity contribution is -0.151. The first-order chi connectivity index (χ1) is 11.1. The SMILES string of the molecule is CCOC(=O)C1C2C=CC3/C2=C/c2cc(Br)cc(Br)c2OCC31. The minimum atomic E-state index is -0.132. The highest BCUT2D eigenvalue weighted by atomic mass is 79.9. The van der Waals surface area contributed by atoms with Crippen LogP contribution in [-0.2, 0) is 9.53 Å². The molecule has 4 atom stereocenters. The van der Waals surface area contributed by atoms with Gasteiger partial charge in [0, 0.05) is 27.8 Å². The highest BCUT2D eigenvalue weighted by molar-refractivity contribution is 9.11. The summed E-state index contributed by atoms with van der Waals surface area (Å²) in [6.45, 7) is 2.80. The Morgan fingerprint density at radius 3 is 2.87 bits per heavy atom. The number of hydrogen-bond donors (Lipinski definition) is 0. The zero-order valence-corrected chi connectivity index (χ0v) is 15.8. The Kier molecular flexibility index (Phi) is 3.88. The number of ether oxygens (including phenoxy) is 2. The summed E-state index contributed by atoms with van der Waals surface area (Å²) in [4.78, 5) is 12.4. The third-order valence-corrected chi connectivity index (χ3v) is 5.99. The van der Waals surface area contributed by atoms with Gasteiger partial charge in [0.25, 0.3) is 0 Å². The molecule has 0 saturated heterocycles. The molecule has 1 saturated carbocycles. The molecule has 1 fully saturated rings. The average molecular weight is 440 g/mol. The summed E-state index contributed by atoms with van der Waals surface area (Å²) >= 11 is 7.11. The van der Waals surface area contributed by atoms with Crippen LogP contribution in [0, 0.1) is 23.7 Å². The summed E-state index contributed by atoms with van der Waals surface area (Å²) in [7, 11) is 0. The van der Waals surface area contributed by atoms with Crippen molar-refractivity contribution in [2.45, 2.75) is 6.92 Å². The van der Waals surface area contributed by atoms with E-state index in [9.17, 15) is 4.79 Å². The van der Waals surface area contributed by atoms with Crippen LogP contribution in [0.5, 0.6) is 5.75 Å². The number of halogens is 2. The Morgan fingerprint density at radius 2 is 2.09 bits per heavy atom. The fourth-order valence-electron chi connectivity index (χ4n) is 4.05. The number of rotatable bonds is 2. The number of allylic oxidation sites excluding steroid dienone is 3. The summed E-state index contributed by atoms with van der Waals surface area (Å²) < 4.78 is 13.3. The first-order valence-corrected chi connectivity index (χ1v) is 9.37. The van der Waals surface area contributed by atoms with Gasteiger partial charge in [-0.2, -0.15) is 0 Å². The summed E-state index contributed by atoms with van der Waals surface area (Å²) in [5.74, 6) is 1.18. The van der Waals surface area contributed by atoms with Crippen molar-refractivity contribution in [3.05, 3.63) is 44.4 Å². The molecule has 1 heterocycles. The Morgan fingerprint density at radius 1 is 1.30 bits per heavy atom. The predicted octanol–water partition coefficient (Wildman–Crippen LogP) is 4.60. The van der Waals surface area contributed by atoms with E-state index >= 15 is 0 Å². The maximum Gasteiger partial charge on any atom is 0.310 e. The second-order valence-electron chi connectivity index (χ2n) is 6.14. The van der Waals surface area contributed by atoms with Gasteiger partial charge in [0.05, 0.1) is 23.6 Å². The largest absolute Gasteiger partial charge is 0.491 e. The molecule has 0 aromatic heterocycles. The van der Waals surface area contributed by atoms with E-state index in [0.29, 0.717) is 13.2 Å². The van der Waals surface area contributed by atoms with Crippen molar-refractivity contribution >= 4 is 43.9 Å². The molecule has 1 aromatic rings. The number of benzene rings is 1. The average Bonchev–Trinajstić information content (AvgIpc) is 3.00. The fraction of sp³-hybridized carbons (Fsp3) is 0.389. The fourth-order valence-corrected chi connectivity index (χ4v) is 5.42. The number of hydrogen-bond acceptors (Lipinski definition) is 3. The van der Waals surface area contributed by atoms with E-state index < -0.39 is 0 Å². The van der Waals surface area contributed by atoms with Crippen molar-refractivity contribution in [3.8, 4) is 5.75 Å². The van der Waals surface area contributed by atoms with Gasteiger partial charge in [-0.05, 0) is 35.0 Å². The summed E-state index contributed by atoms with van der Waals surface area (Å²) in [6, 6.07) is 4.04. The van der Waals surface area contributed by atoms with E-state index in [1.54, 1.807) is 0 Å². The van der Waals surface area contributed by atoms with E-state index in [1.807, 2.05) is 13.0 Å². The maximum absolute atomic E-state index is 12.4. The predicted molar refractivity (Wildman–Crippen MR) is 95.0 cm³/mol. The van der Waals surface area contributed by atoms with Gasteiger partial charge >= 0.3 is 5.97 Å². The van der Waals surface area contributed by atoms with Crippen LogP contribution in [0.3, 0.4) is 0 Å². The van der Waals surface area contributed by atoms with E-state index in [1.165, 1.54) is 5.57 Å². The van der Waals surface area contributed by atoms with Crippen LogP contribution in [-0.4, -0.2) is 19.2 Å². The van der Waals surface area contributed by atoms with Gasteiger partial charge in [0.1, 0.15) is 5.75 Å². The number of fused-ring (bicyclic) bond motifs is 1. The normalized spacial score (nSPS) is 32.4. The Balaban J connectivity index is 1.79. The lowest BCUT2D eigenvalue weighted by Gasteiger charge is -2.26. The Bertz CT molecular complexity index is 738. The molecule has 0 radical (unpaired) electrons. The van der Waals surface area contributed by atoms with Gasteiger partial charge in [0.15, 0.2) is 0 Å². The van der Waals surface area contributed by atoms with E-state index in [4.69, 9.17) is 9.47 Å². The van der Waals surface area contributed by atoms with Gasteiger partial charge < -0.3 is 9.47 Å². The third-order valence-electron chi connectivity index (χ3n) is 4.94. The molecule has 23 heavy (non-hydrogen) atoms. The summed E-state index contributed by atoms with van der Waals surface area (Å²) in [5.41, 5.74) is 2.35. The first-order valence-electron chi connectivity index (χ1n) is 7.78. The second-order valence-corrected chi connectivity index (χ2v) is 7.91. The van der Waals surface area contributed by atoms with Gasteiger partial charge in [-0.1, -0.05) is 39.7 Å². The molecule has 1 aliphatic heterocycles. The second kappa shape index (κ2) is 5.78. The third kappa shape index (κ3) is 2.40. The van der Waals surface area contributed by atoms with Gasteiger partial charge in [-0.25, -0.2) is 0 Å². The van der Waals surface area contributed by atoms with Crippen LogP contribution in [0.25, 0.3) is 6.08 Å². The van der Waals surface area contributed by atoms with Gasteiger partial charge in [-0.3, -0.25) is 4.79 Å². The van der Waals surface area contributed by atoms with Crippen LogP contribution in [0.1, 0.15) is 12.5 Å². The van der Waals surface area contributed by atoms with Crippen molar-refractivity contribution in [1.29, 1.82) is 0 Å². The molecule has 5 heteroatoms. The molecule has 4 unspecified atom stereocenters. The van der Waals surface area contributed by atoms with Crippen molar-refractivity contribution in [2.24, 2.45) is 23.7 Å². The smallest absolute Gasteiger partial charge is 0.310 e. The van der Waals surface area contributed by atoms with E-state index in [2.05, 4.69) is 56.2 Å². The summed E-state index contributed by atoms with van der Waals surface area (Å²) in [5, 5.41) is 0. The highest BCUT2D eigenvalue weighted by Gasteiger charge is 2.53. The first kappa shape index (κ1) is 15.5. The molecule has 0 amide bonds. The molecular weight excluding hydrogens is 424 g/mol. The molecule has 1 aromatic carbocycles. The molecular formula is C18H16Br2O3. The Hall–Kier alpha value is -1.07. The van der Waals surface area contributed by atoms with Crippen molar-refractivity contribution < 1.29 is 14.3 Å². The maximum atomic E-state index is 12.4. The lowest BCUT2D eigenvalue weighted by atomic mass is 9.83. The number of carbonyl (C=O) groups excluding carboxylic acids is 1. The van der Waals surface area contributed by atoms with Gasteiger partial charge in [0.2, 0.25) is 0 Å². The molecule has 0 spiro atoms. The van der Waals surface area contributed by atoms with Crippen LogP contribution < -0.4 is 4.74 Å². The minimum Gasteiger partial charge on any atom is -0.491 e. The van der Waals surface area contributed by atoms with Crippen molar-refractivity contribution in [1.82, 2.24) is 0 Å². The van der Waals surface area contributed by atoms with Crippen LogP contribution in [0.4, 0.5) is 0 Å².